The molecule has 1 amide bonds. The molecule has 0 fully saturated rings. The van der Waals surface area contributed by atoms with Gasteiger partial charge in [0.05, 0.1) is 6.42 Å². The van der Waals surface area contributed by atoms with Crippen LogP contribution in [-0.4, -0.2) is 51.8 Å². The van der Waals surface area contributed by atoms with Crippen LogP contribution in [0.4, 0.5) is 4.39 Å². The number of aliphatic imine (C=N–C) groups is 1. The number of halogens is 2. The molecule has 0 saturated carbocycles. The Morgan fingerprint density at radius 3 is 2.48 bits per heavy atom. The number of ether oxygens (including phenoxy) is 1. The summed E-state index contributed by atoms with van der Waals surface area (Å²) in [6, 6.07) is 5.94. The Morgan fingerprint density at radius 2 is 1.84 bits per heavy atom. The number of hydrogen-bond acceptors (Lipinski definition) is 3. The molecule has 0 aliphatic rings. The van der Waals surface area contributed by atoms with Crippen LogP contribution in [0, 0.1) is 5.82 Å². The lowest BCUT2D eigenvalue weighted by molar-refractivity contribution is -0.120. The van der Waals surface area contributed by atoms with Crippen molar-refractivity contribution < 1.29 is 13.9 Å². The van der Waals surface area contributed by atoms with E-state index in [0.717, 1.165) is 24.5 Å². The van der Waals surface area contributed by atoms with Crippen molar-refractivity contribution in [2.45, 2.75) is 19.8 Å². The molecule has 25 heavy (non-hydrogen) atoms. The quantitative estimate of drug-likeness (QED) is 0.213. The average Bonchev–Trinajstić information content (AvgIpc) is 2.57. The molecule has 0 spiro atoms. The maximum atomic E-state index is 12.8. The average molecular weight is 466 g/mol. The van der Waals surface area contributed by atoms with E-state index in [-0.39, 0.29) is 42.1 Å². The maximum absolute atomic E-state index is 12.8. The second-order valence-electron chi connectivity index (χ2n) is 5.19. The van der Waals surface area contributed by atoms with E-state index in [4.69, 9.17) is 4.74 Å². The third-order valence-electron chi connectivity index (χ3n) is 3.14. The molecule has 1 rings (SSSR count). The van der Waals surface area contributed by atoms with Gasteiger partial charge in [0, 0.05) is 39.9 Å². The highest BCUT2D eigenvalue weighted by atomic mass is 127. The van der Waals surface area contributed by atoms with Crippen LogP contribution in [0.15, 0.2) is 29.3 Å². The fraction of sp³-hybridized carbons (Fsp3) is 0.529. The van der Waals surface area contributed by atoms with Gasteiger partial charge in [-0.25, -0.2) is 4.39 Å². The Kier molecular flexibility index (Phi) is 14.0. The van der Waals surface area contributed by atoms with Crippen molar-refractivity contribution in [2.24, 2.45) is 4.99 Å². The van der Waals surface area contributed by atoms with E-state index in [1.54, 1.807) is 19.2 Å². The zero-order valence-corrected chi connectivity index (χ0v) is 17.1. The standard InChI is InChI=1S/C17H27FN4O2.HI/c1-3-19-17(21-9-4-12-24-2)22-11-10-20-16(23)13-14-5-7-15(18)8-6-14;/h5-8H,3-4,9-13H2,1-2H3,(H,20,23)(H2,19,21,22);1H. The molecule has 0 bridgehead atoms. The topological polar surface area (TPSA) is 74.8 Å². The van der Waals surface area contributed by atoms with Crippen LogP contribution >= 0.6 is 24.0 Å². The molecule has 1 aromatic rings. The van der Waals surface area contributed by atoms with Crippen molar-refractivity contribution in [3.05, 3.63) is 35.6 Å². The van der Waals surface area contributed by atoms with E-state index >= 15 is 0 Å². The Bertz CT molecular complexity index is 512. The van der Waals surface area contributed by atoms with Gasteiger partial charge < -0.3 is 20.7 Å². The molecule has 3 N–H and O–H groups in total. The summed E-state index contributed by atoms with van der Waals surface area (Å²) < 4.78 is 17.8. The van der Waals surface area contributed by atoms with Gasteiger partial charge in [-0.1, -0.05) is 12.1 Å². The summed E-state index contributed by atoms with van der Waals surface area (Å²) in [6.45, 7) is 5.19. The van der Waals surface area contributed by atoms with E-state index in [2.05, 4.69) is 20.9 Å². The molecule has 6 nitrogen and oxygen atoms in total. The number of carbonyl (C=O) groups excluding carboxylic acids is 1. The number of amides is 1. The monoisotopic (exact) mass is 466 g/mol. The Morgan fingerprint density at radius 1 is 1.16 bits per heavy atom. The van der Waals surface area contributed by atoms with Gasteiger partial charge in [0.2, 0.25) is 5.91 Å². The number of hydrogen-bond donors (Lipinski definition) is 3. The first kappa shape index (κ1) is 23.6. The first-order chi connectivity index (χ1) is 11.7. The first-order valence-corrected chi connectivity index (χ1v) is 8.18. The van der Waals surface area contributed by atoms with Gasteiger partial charge in [0.1, 0.15) is 5.82 Å². The fourth-order valence-electron chi connectivity index (χ4n) is 1.97. The van der Waals surface area contributed by atoms with E-state index in [1.807, 2.05) is 6.92 Å². The molecule has 0 saturated heterocycles. The van der Waals surface area contributed by atoms with Gasteiger partial charge in [-0.05, 0) is 31.0 Å². The summed E-state index contributed by atoms with van der Waals surface area (Å²) in [5.74, 6) is 0.330. The van der Waals surface area contributed by atoms with Crippen LogP contribution in [0.25, 0.3) is 0 Å². The molecule has 0 unspecified atom stereocenters. The highest BCUT2D eigenvalue weighted by Crippen LogP contribution is 2.03. The van der Waals surface area contributed by atoms with Crippen LogP contribution in [0.1, 0.15) is 18.9 Å². The summed E-state index contributed by atoms with van der Waals surface area (Å²) in [4.78, 5) is 16.2. The summed E-state index contributed by atoms with van der Waals surface area (Å²) in [5, 5.41) is 9.12. The SMILES string of the molecule is CCNC(=NCCCOC)NCCNC(=O)Cc1ccc(F)cc1.I. The van der Waals surface area contributed by atoms with E-state index < -0.39 is 0 Å². The third-order valence-corrected chi connectivity index (χ3v) is 3.14. The van der Waals surface area contributed by atoms with Crippen molar-refractivity contribution in [3.8, 4) is 0 Å². The van der Waals surface area contributed by atoms with E-state index in [0.29, 0.717) is 26.2 Å². The van der Waals surface area contributed by atoms with Crippen molar-refractivity contribution in [1.82, 2.24) is 16.0 Å². The molecule has 8 heteroatoms. The molecule has 1 aromatic carbocycles. The fourth-order valence-corrected chi connectivity index (χ4v) is 1.97. The van der Waals surface area contributed by atoms with E-state index in [1.165, 1.54) is 12.1 Å². The Balaban J connectivity index is 0.00000576. The van der Waals surface area contributed by atoms with Gasteiger partial charge in [-0.15, -0.1) is 24.0 Å². The van der Waals surface area contributed by atoms with Crippen molar-refractivity contribution in [1.29, 1.82) is 0 Å². The first-order valence-electron chi connectivity index (χ1n) is 8.18. The number of carbonyl (C=O) groups is 1. The van der Waals surface area contributed by atoms with Crippen LogP contribution in [0.2, 0.25) is 0 Å². The largest absolute Gasteiger partial charge is 0.385 e. The van der Waals surface area contributed by atoms with Crippen molar-refractivity contribution in [3.63, 3.8) is 0 Å². The molecule has 0 aliphatic heterocycles. The molecular formula is C17H28FIN4O2. The molecule has 0 aliphatic carbocycles. The third kappa shape index (κ3) is 11.7. The van der Waals surface area contributed by atoms with Gasteiger partial charge in [-0.2, -0.15) is 0 Å². The minimum atomic E-state index is -0.302. The summed E-state index contributed by atoms with van der Waals surface area (Å²) >= 11 is 0. The predicted octanol–water partition coefficient (Wildman–Crippen LogP) is 1.69. The van der Waals surface area contributed by atoms with Crippen molar-refractivity contribution >= 4 is 35.8 Å². The van der Waals surface area contributed by atoms with Crippen LogP contribution in [0.5, 0.6) is 0 Å². The number of methoxy groups -OCH3 is 1. The molecular weight excluding hydrogens is 438 g/mol. The minimum Gasteiger partial charge on any atom is -0.385 e. The summed E-state index contributed by atoms with van der Waals surface area (Å²) in [6.07, 6.45) is 1.10. The number of benzene rings is 1. The van der Waals surface area contributed by atoms with E-state index in [9.17, 15) is 9.18 Å². The van der Waals surface area contributed by atoms with Gasteiger partial charge in [0.15, 0.2) is 5.96 Å². The molecule has 142 valence electrons. The molecule has 0 heterocycles. The van der Waals surface area contributed by atoms with Crippen LogP contribution < -0.4 is 16.0 Å². The summed E-state index contributed by atoms with van der Waals surface area (Å²) in [7, 11) is 1.67. The smallest absolute Gasteiger partial charge is 0.224 e. The minimum absolute atomic E-state index is 0. The zero-order chi connectivity index (χ0) is 17.6. The lowest BCUT2D eigenvalue weighted by Gasteiger charge is -2.12. The summed E-state index contributed by atoms with van der Waals surface area (Å²) in [5.41, 5.74) is 0.787. The van der Waals surface area contributed by atoms with Gasteiger partial charge in [0.25, 0.3) is 0 Å². The molecule has 0 atom stereocenters. The van der Waals surface area contributed by atoms with Crippen LogP contribution in [0.3, 0.4) is 0 Å². The lowest BCUT2D eigenvalue weighted by atomic mass is 10.1. The normalized spacial score (nSPS) is 10.8. The second kappa shape index (κ2) is 14.9. The highest BCUT2D eigenvalue weighted by molar-refractivity contribution is 14.0. The number of nitrogens with one attached hydrogen (secondary N) is 3. The van der Waals surface area contributed by atoms with Gasteiger partial charge in [-0.3, -0.25) is 9.79 Å². The molecule has 0 radical (unpaired) electrons. The predicted molar refractivity (Wildman–Crippen MR) is 109 cm³/mol. The zero-order valence-electron chi connectivity index (χ0n) is 14.8. The number of nitrogens with zero attached hydrogens (tertiary/aromatic N) is 1. The van der Waals surface area contributed by atoms with Gasteiger partial charge >= 0.3 is 0 Å². The van der Waals surface area contributed by atoms with Crippen LogP contribution in [-0.2, 0) is 16.0 Å². The highest BCUT2D eigenvalue weighted by Gasteiger charge is 2.03. The number of guanidine groups is 1. The Labute approximate surface area is 166 Å². The Hall–Kier alpha value is -1.42. The number of rotatable bonds is 10. The maximum Gasteiger partial charge on any atom is 0.224 e. The second-order valence-corrected chi connectivity index (χ2v) is 5.19. The lowest BCUT2D eigenvalue weighted by Crippen LogP contribution is -2.41. The molecule has 0 aromatic heterocycles. The van der Waals surface area contributed by atoms with Crippen molar-refractivity contribution in [2.75, 3.05) is 39.9 Å².